The van der Waals surface area contributed by atoms with Gasteiger partial charge in [0.2, 0.25) is 0 Å². The maximum atomic E-state index is 13.8. The van der Waals surface area contributed by atoms with Gasteiger partial charge in [0.15, 0.2) is 6.29 Å². The lowest BCUT2D eigenvalue weighted by Crippen LogP contribution is -2.39. The molecule has 2 nitrogen and oxygen atoms in total. The van der Waals surface area contributed by atoms with Crippen LogP contribution in [0.3, 0.4) is 0 Å². The van der Waals surface area contributed by atoms with E-state index in [1.165, 1.54) is 25.7 Å². The van der Waals surface area contributed by atoms with Gasteiger partial charge in [-0.2, -0.15) is 13.2 Å². The average molecular weight is 435 g/mol. The first kappa shape index (κ1) is 24.0. The molecule has 1 saturated heterocycles. The molecule has 2 saturated carbocycles. The van der Waals surface area contributed by atoms with Gasteiger partial charge in [-0.25, -0.2) is 4.39 Å². The smallest absolute Gasteiger partial charge is 0.352 e. The fraction of sp³-hybridized carbons (Fsp3) is 0.917. The fourth-order valence-electron chi connectivity index (χ4n) is 5.71. The average Bonchev–Trinajstić information content (AvgIpc) is 2.73. The lowest BCUT2D eigenvalue weighted by atomic mass is 9.69. The minimum Gasteiger partial charge on any atom is -0.352 e. The van der Waals surface area contributed by atoms with Crippen LogP contribution in [0.15, 0.2) is 11.9 Å². The molecule has 0 bridgehead atoms. The standard InChI is InChI=1S/C24H38F4O2/c1-2-3-4-5-17-15-29-23(30-16-17)21-12-8-19(9-13-21)18-6-10-20(11-7-18)22(25)14-24(26,27)28/h14,17-21,23H,2-13,15-16H2,1H3. The van der Waals surface area contributed by atoms with E-state index in [2.05, 4.69) is 6.92 Å². The van der Waals surface area contributed by atoms with Crippen molar-refractivity contribution in [3.63, 3.8) is 0 Å². The van der Waals surface area contributed by atoms with Gasteiger partial charge in [0.25, 0.3) is 0 Å². The minimum atomic E-state index is -4.56. The third-order valence-electron chi connectivity index (χ3n) is 7.54. The Hall–Kier alpha value is -0.620. The molecule has 3 fully saturated rings. The van der Waals surface area contributed by atoms with E-state index in [4.69, 9.17) is 9.47 Å². The van der Waals surface area contributed by atoms with Gasteiger partial charge in [0, 0.05) is 17.8 Å². The molecule has 0 atom stereocenters. The monoisotopic (exact) mass is 434 g/mol. The van der Waals surface area contributed by atoms with Gasteiger partial charge in [-0.1, -0.05) is 26.2 Å². The first-order valence-electron chi connectivity index (χ1n) is 12.0. The zero-order valence-electron chi connectivity index (χ0n) is 18.3. The molecular weight excluding hydrogens is 396 g/mol. The Morgan fingerprint density at radius 1 is 0.833 bits per heavy atom. The molecule has 3 aliphatic rings. The van der Waals surface area contributed by atoms with Crippen molar-refractivity contribution in [3.05, 3.63) is 11.9 Å². The SMILES string of the molecule is CCCCCC1COC(C2CCC(C3CCC(C(F)=CC(F)(F)F)CC3)CC2)OC1. The van der Waals surface area contributed by atoms with Gasteiger partial charge in [0.1, 0.15) is 5.83 Å². The Kier molecular flexibility index (Phi) is 9.06. The van der Waals surface area contributed by atoms with Crippen LogP contribution in [0.1, 0.15) is 84.0 Å². The first-order chi connectivity index (χ1) is 14.4. The van der Waals surface area contributed by atoms with Crippen LogP contribution in [-0.4, -0.2) is 25.7 Å². The van der Waals surface area contributed by atoms with Crippen molar-refractivity contribution in [2.45, 2.75) is 96.4 Å². The van der Waals surface area contributed by atoms with E-state index in [9.17, 15) is 17.6 Å². The molecular formula is C24H38F4O2. The molecule has 3 rings (SSSR count). The Balaban J connectivity index is 1.35. The van der Waals surface area contributed by atoms with Crippen molar-refractivity contribution < 1.29 is 27.0 Å². The zero-order valence-corrected chi connectivity index (χ0v) is 18.3. The summed E-state index contributed by atoms with van der Waals surface area (Å²) in [6.45, 7) is 3.85. The highest BCUT2D eigenvalue weighted by atomic mass is 19.4. The molecule has 174 valence electrons. The van der Waals surface area contributed by atoms with Crippen molar-refractivity contribution in [3.8, 4) is 0 Å². The Labute approximate surface area is 178 Å². The number of halogens is 4. The molecule has 1 aliphatic heterocycles. The van der Waals surface area contributed by atoms with Gasteiger partial charge in [-0.15, -0.1) is 0 Å². The molecule has 0 aromatic carbocycles. The van der Waals surface area contributed by atoms with Crippen LogP contribution < -0.4 is 0 Å². The van der Waals surface area contributed by atoms with E-state index in [0.717, 1.165) is 51.7 Å². The van der Waals surface area contributed by atoms with Crippen LogP contribution in [0.25, 0.3) is 0 Å². The molecule has 0 aromatic heterocycles. The van der Waals surface area contributed by atoms with Crippen LogP contribution in [-0.2, 0) is 9.47 Å². The van der Waals surface area contributed by atoms with Gasteiger partial charge in [-0.05, 0) is 69.6 Å². The van der Waals surface area contributed by atoms with Crippen molar-refractivity contribution >= 4 is 0 Å². The van der Waals surface area contributed by atoms with E-state index < -0.39 is 17.9 Å². The lowest BCUT2D eigenvalue weighted by Gasteiger charge is -2.41. The van der Waals surface area contributed by atoms with E-state index in [1.54, 1.807) is 0 Å². The molecule has 0 N–H and O–H groups in total. The summed E-state index contributed by atoms with van der Waals surface area (Å²) in [5.74, 6) is 0.601. The van der Waals surface area contributed by atoms with Crippen molar-refractivity contribution in [1.29, 1.82) is 0 Å². The maximum Gasteiger partial charge on any atom is 0.412 e. The Bertz CT molecular complexity index is 524. The van der Waals surface area contributed by atoms with Gasteiger partial charge in [-0.3, -0.25) is 0 Å². The molecule has 0 spiro atoms. The third-order valence-corrected chi connectivity index (χ3v) is 7.54. The number of hydrogen-bond donors (Lipinski definition) is 0. The highest BCUT2D eigenvalue weighted by Crippen LogP contribution is 2.44. The summed E-state index contributed by atoms with van der Waals surface area (Å²) >= 11 is 0. The molecule has 0 radical (unpaired) electrons. The second kappa shape index (κ2) is 11.3. The predicted octanol–water partition coefficient (Wildman–Crippen LogP) is 7.58. The molecule has 0 aromatic rings. The van der Waals surface area contributed by atoms with Crippen LogP contribution in [0.4, 0.5) is 17.6 Å². The van der Waals surface area contributed by atoms with E-state index in [0.29, 0.717) is 36.5 Å². The van der Waals surface area contributed by atoms with Gasteiger partial charge >= 0.3 is 6.18 Å². The van der Waals surface area contributed by atoms with Crippen LogP contribution in [0.2, 0.25) is 0 Å². The van der Waals surface area contributed by atoms with Crippen LogP contribution in [0, 0.1) is 29.6 Å². The second-order valence-electron chi connectivity index (χ2n) is 9.75. The molecule has 0 amide bonds. The molecule has 30 heavy (non-hydrogen) atoms. The molecule has 1 heterocycles. The summed E-state index contributed by atoms with van der Waals surface area (Å²) in [5, 5.41) is 0. The number of allylic oxidation sites excluding steroid dienone is 2. The molecule has 2 aliphatic carbocycles. The topological polar surface area (TPSA) is 18.5 Å². The quantitative estimate of drug-likeness (QED) is 0.304. The summed E-state index contributed by atoms with van der Waals surface area (Å²) < 4.78 is 63.1. The van der Waals surface area contributed by atoms with Crippen molar-refractivity contribution in [2.75, 3.05) is 13.2 Å². The minimum absolute atomic E-state index is 0.0642. The highest BCUT2D eigenvalue weighted by molar-refractivity contribution is 5.03. The molecule has 6 heteroatoms. The van der Waals surface area contributed by atoms with Crippen molar-refractivity contribution in [1.82, 2.24) is 0 Å². The molecule has 0 unspecified atom stereocenters. The third kappa shape index (κ3) is 7.22. The lowest BCUT2D eigenvalue weighted by molar-refractivity contribution is -0.230. The summed E-state index contributed by atoms with van der Waals surface area (Å²) in [7, 11) is 0. The number of rotatable bonds is 7. The summed E-state index contributed by atoms with van der Waals surface area (Å²) in [6, 6.07) is 0. The summed E-state index contributed by atoms with van der Waals surface area (Å²) in [6.07, 6.45) is 7.39. The van der Waals surface area contributed by atoms with Crippen LogP contribution >= 0.6 is 0 Å². The second-order valence-corrected chi connectivity index (χ2v) is 9.75. The maximum absolute atomic E-state index is 13.8. The van der Waals surface area contributed by atoms with E-state index in [-0.39, 0.29) is 12.4 Å². The first-order valence-corrected chi connectivity index (χ1v) is 12.0. The summed E-state index contributed by atoms with van der Waals surface area (Å²) in [5.41, 5.74) is 0. The largest absolute Gasteiger partial charge is 0.412 e. The number of hydrogen-bond acceptors (Lipinski definition) is 2. The normalized spacial score (nSPS) is 36.6. The fourth-order valence-corrected chi connectivity index (χ4v) is 5.71. The Morgan fingerprint density at radius 3 is 1.90 bits per heavy atom. The van der Waals surface area contributed by atoms with Gasteiger partial charge in [0.05, 0.1) is 19.3 Å². The van der Waals surface area contributed by atoms with Crippen LogP contribution in [0.5, 0.6) is 0 Å². The predicted molar refractivity (Wildman–Crippen MR) is 109 cm³/mol. The van der Waals surface area contributed by atoms with E-state index >= 15 is 0 Å². The number of unbranched alkanes of at least 4 members (excludes halogenated alkanes) is 2. The number of ether oxygens (including phenoxy) is 2. The van der Waals surface area contributed by atoms with Crippen molar-refractivity contribution in [2.24, 2.45) is 29.6 Å². The van der Waals surface area contributed by atoms with E-state index in [1.807, 2.05) is 0 Å². The Morgan fingerprint density at radius 2 is 1.37 bits per heavy atom. The van der Waals surface area contributed by atoms with Gasteiger partial charge < -0.3 is 9.47 Å². The number of alkyl halides is 3. The summed E-state index contributed by atoms with van der Waals surface area (Å²) in [4.78, 5) is 0. The highest BCUT2D eigenvalue weighted by Gasteiger charge is 2.37. The zero-order chi connectivity index (χ0) is 21.6.